The summed E-state index contributed by atoms with van der Waals surface area (Å²) in [6, 6.07) is 5.64. The fraction of sp³-hybridized carbons (Fsp3) is 0.300. The van der Waals surface area contributed by atoms with Crippen molar-refractivity contribution in [2.24, 2.45) is 0 Å². The van der Waals surface area contributed by atoms with Gasteiger partial charge in [0.1, 0.15) is 0 Å². The number of rotatable bonds is 2. The maximum atomic E-state index is 11.3. The molecule has 0 aliphatic carbocycles. The minimum absolute atomic E-state index is 0.106. The van der Waals surface area contributed by atoms with Gasteiger partial charge in [-0.3, -0.25) is 10.2 Å². The molecule has 0 bridgehead atoms. The number of hydrogen-bond acceptors (Lipinski definition) is 2. The van der Waals surface area contributed by atoms with Gasteiger partial charge in [0.2, 0.25) is 0 Å². The molecule has 0 spiro atoms. The summed E-state index contributed by atoms with van der Waals surface area (Å²) in [6.07, 6.45) is 0. The van der Waals surface area contributed by atoms with Gasteiger partial charge in [-0.15, -0.1) is 0 Å². The van der Waals surface area contributed by atoms with Crippen molar-refractivity contribution in [3.05, 3.63) is 34.9 Å². The highest BCUT2D eigenvalue weighted by molar-refractivity contribution is 5.94. The minimum atomic E-state index is -0.106. The van der Waals surface area contributed by atoms with Crippen molar-refractivity contribution >= 4 is 5.91 Å². The molecule has 2 N–H and O–H groups in total. The molecule has 70 valence electrons. The van der Waals surface area contributed by atoms with Crippen LogP contribution in [-0.2, 0) is 0 Å². The van der Waals surface area contributed by atoms with Gasteiger partial charge in [-0.05, 0) is 37.1 Å². The first kappa shape index (κ1) is 9.74. The van der Waals surface area contributed by atoms with Crippen molar-refractivity contribution in [3.8, 4) is 0 Å². The van der Waals surface area contributed by atoms with E-state index in [2.05, 4.69) is 10.9 Å². The van der Waals surface area contributed by atoms with Crippen LogP contribution in [0.3, 0.4) is 0 Å². The highest BCUT2D eigenvalue weighted by atomic mass is 16.2. The average Bonchev–Trinajstić information content (AvgIpc) is 2.10. The zero-order chi connectivity index (χ0) is 9.84. The molecular formula is C10H14N2O. The van der Waals surface area contributed by atoms with Crippen molar-refractivity contribution < 1.29 is 4.79 Å². The smallest absolute Gasteiger partial charge is 0.265 e. The predicted octanol–water partition coefficient (Wildman–Crippen LogP) is 1.17. The molecule has 0 fully saturated rings. The highest BCUT2D eigenvalue weighted by Crippen LogP contribution is 2.09. The monoisotopic (exact) mass is 178 g/mol. The molecule has 1 rings (SSSR count). The second-order valence-electron chi connectivity index (χ2n) is 3.00. The largest absolute Gasteiger partial charge is 0.288 e. The van der Waals surface area contributed by atoms with Gasteiger partial charge < -0.3 is 0 Å². The van der Waals surface area contributed by atoms with Gasteiger partial charge in [0, 0.05) is 12.6 Å². The van der Waals surface area contributed by atoms with Gasteiger partial charge >= 0.3 is 0 Å². The SMILES string of the molecule is CNNC(=O)c1ccc(C)c(C)c1. The van der Waals surface area contributed by atoms with Crippen LogP contribution in [0.4, 0.5) is 0 Å². The zero-order valence-corrected chi connectivity index (χ0v) is 8.14. The third kappa shape index (κ3) is 2.29. The average molecular weight is 178 g/mol. The topological polar surface area (TPSA) is 41.1 Å². The summed E-state index contributed by atoms with van der Waals surface area (Å²) in [5, 5.41) is 0. The number of hydrazine groups is 1. The molecule has 0 aliphatic heterocycles. The first-order valence-electron chi connectivity index (χ1n) is 4.19. The van der Waals surface area contributed by atoms with E-state index in [1.165, 1.54) is 5.56 Å². The third-order valence-corrected chi connectivity index (χ3v) is 2.01. The van der Waals surface area contributed by atoms with Crippen LogP contribution in [0.5, 0.6) is 0 Å². The van der Waals surface area contributed by atoms with Crippen molar-refractivity contribution in [1.82, 2.24) is 10.9 Å². The summed E-state index contributed by atoms with van der Waals surface area (Å²) in [7, 11) is 1.67. The highest BCUT2D eigenvalue weighted by Gasteiger charge is 2.04. The molecule has 0 saturated heterocycles. The summed E-state index contributed by atoms with van der Waals surface area (Å²) in [5.74, 6) is -0.106. The minimum Gasteiger partial charge on any atom is -0.288 e. The van der Waals surface area contributed by atoms with Crippen LogP contribution in [0, 0.1) is 13.8 Å². The van der Waals surface area contributed by atoms with Crippen LogP contribution in [0.1, 0.15) is 21.5 Å². The van der Waals surface area contributed by atoms with Crippen LogP contribution in [-0.4, -0.2) is 13.0 Å². The fourth-order valence-electron chi connectivity index (χ4n) is 1.07. The molecule has 3 heteroatoms. The van der Waals surface area contributed by atoms with Crippen molar-refractivity contribution in [2.75, 3.05) is 7.05 Å². The zero-order valence-electron chi connectivity index (χ0n) is 8.14. The van der Waals surface area contributed by atoms with E-state index in [-0.39, 0.29) is 5.91 Å². The number of benzene rings is 1. The predicted molar refractivity (Wildman–Crippen MR) is 52.4 cm³/mol. The standard InChI is InChI=1S/C10H14N2O/c1-7-4-5-9(6-8(7)2)10(13)12-11-3/h4-6,11H,1-3H3,(H,12,13). The van der Waals surface area contributed by atoms with Gasteiger partial charge in [-0.25, -0.2) is 5.43 Å². The maximum Gasteiger partial charge on any atom is 0.265 e. The van der Waals surface area contributed by atoms with E-state index < -0.39 is 0 Å². The van der Waals surface area contributed by atoms with Crippen molar-refractivity contribution in [3.63, 3.8) is 0 Å². The third-order valence-electron chi connectivity index (χ3n) is 2.01. The number of amides is 1. The lowest BCUT2D eigenvalue weighted by Gasteiger charge is -2.05. The van der Waals surface area contributed by atoms with Gasteiger partial charge in [-0.1, -0.05) is 6.07 Å². The Hall–Kier alpha value is -1.35. The lowest BCUT2D eigenvalue weighted by atomic mass is 10.1. The van der Waals surface area contributed by atoms with E-state index in [1.54, 1.807) is 7.05 Å². The number of carbonyl (C=O) groups excluding carboxylic acids is 1. The van der Waals surface area contributed by atoms with Crippen LogP contribution < -0.4 is 10.9 Å². The van der Waals surface area contributed by atoms with E-state index in [0.717, 1.165) is 5.56 Å². The van der Waals surface area contributed by atoms with Gasteiger partial charge in [0.05, 0.1) is 0 Å². The van der Waals surface area contributed by atoms with E-state index in [9.17, 15) is 4.79 Å². The second kappa shape index (κ2) is 4.05. The van der Waals surface area contributed by atoms with Gasteiger partial charge in [0.25, 0.3) is 5.91 Å². The summed E-state index contributed by atoms with van der Waals surface area (Å²) in [6.45, 7) is 4.01. The summed E-state index contributed by atoms with van der Waals surface area (Å²) in [4.78, 5) is 11.3. The molecule has 1 aromatic rings. The number of nitrogens with one attached hydrogen (secondary N) is 2. The second-order valence-corrected chi connectivity index (χ2v) is 3.00. The Morgan fingerprint density at radius 1 is 1.23 bits per heavy atom. The molecule has 1 amide bonds. The molecule has 0 heterocycles. The van der Waals surface area contributed by atoms with E-state index in [1.807, 2.05) is 32.0 Å². The molecule has 0 saturated carbocycles. The first-order chi connectivity index (χ1) is 6.15. The Labute approximate surface area is 78.1 Å². The summed E-state index contributed by atoms with van der Waals surface area (Å²) < 4.78 is 0. The van der Waals surface area contributed by atoms with Crippen molar-refractivity contribution in [1.29, 1.82) is 0 Å². The molecular weight excluding hydrogens is 164 g/mol. The number of hydrogen-bond donors (Lipinski definition) is 2. The molecule has 0 radical (unpaired) electrons. The fourth-order valence-corrected chi connectivity index (χ4v) is 1.07. The molecule has 0 unspecified atom stereocenters. The normalized spacial score (nSPS) is 9.77. The summed E-state index contributed by atoms with van der Waals surface area (Å²) in [5.41, 5.74) is 8.12. The quantitative estimate of drug-likeness (QED) is 0.667. The van der Waals surface area contributed by atoms with Crippen LogP contribution >= 0.6 is 0 Å². The van der Waals surface area contributed by atoms with Gasteiger partial charge in [0.15, 0.2) is 0 Å². The van der Waals surface area contributed by atoms with E-state index in [0.29, 0.717) is 5.56 Å². The number of aryl methyl sites for hydroxylation is 2. The first-order valence-corrected chi connectivity index (χ1v) is 4.19. The molecule has 13 heavy (non-hydrogen) atoms. The molecule has 0 aliphatic rings. The Kier molecular flexibility index (Phi) is 3.03. The number of carbonyl (C=O) groups is 1. The molecule has 0 atom stereocenters. The van der Waals surface area contributed by atoms with Gasteiger partial charge in [-0.2, -0.15) is 0 Å². The van der Waals surface area contributed by atoms with Crippen molar-refractivity contribution in [2.45, 2.75) is 13.8 Å². The molecule has 0 aromatic heterocycles. The summed E-state index contributed by atoms with van der Waals surface area (Å²) >= 11 is 0. The Morgan fingerprint density at radius 2 is 1.92 bits per heavy atom. The Morgan fingerprint density at radius 3 is 2.46 bits per heavy atom. The Bertz CT molecular complexity index is 321. The maximum absolute atomic E-state index is 11.3. The van der Waals surface area contributed by atoms with E-state index in [4.69, 9.17) is 0 Å². The Balaban J connectivity index is 2.90. The lowest BCUT2D eigenvalue weighted by molar-refractivity contribution is 0.0938. The molecule has 3 nitrogen and oxygen atoms in total. The molecule has 1 aromatic carbocycles. The van der Waals surface area contributed by atoms with Crippen LogP contribution in [0.2, 0.25) is 0 Å². The van der Waals surface area contributed by atoms with Crippen LogP contribution in [0.15, 0.2) is 18.2 Å². The lowest BCUT2D eigenvalue weighted by Crippen LogP contribution is -2.34. The van der Waals surface area contributed by atoms with Crippen LogP contribution in [0.25, 0.3) is 0 Å². The van der Waals surface area contributed by atoms with E-state index >= 15 is 0 Å².